The zero-order chi connectivity index (χ0) is 14.7. The van der Waals surface area contributed by atoms with Crippen molar-refractivity contribution >= 4 is 31.9 Å². The van der Waals surface area contributed by atoms with Crippen LogP contribution in [-0.4, -0.2) is 7.05 Å². The summed E-state index contributed by atoms with van der Waals surface area (Å²) in [6.07, 6.45) is 0.719. The molecular formula is C16H16Br2FN. The number of aryl methyl sites for hydroxylation is 1. The highest BCUT2D eigenvalue weighted by atomic mass is 79.9. The lowest BCUT2D eigenvalue weighted by Crippen LogP contribution is -2.19. The average molecular weight is 401 g/mol. The largest absolute Gasteiger partial charge is 0.313 e. The first kappa shape index (κ1) is 15.7. The summed E-state index contributed by atoms with van der Waals surface area (Å²) in [5.74, 6) is -0.207. The molecule has 0 radical (unpaired) electrons. The second kappa shape index (κ2) is 6.83. The van der Waals surface area contributed by atoms with Crippen LogP contribution in [0.15, 0.2) is 45.3 Å². The summed E-state index contributed by atoms with van der Waals surface area (Å²) in [6, 6.07) is 11.2. The van der Waals surface area contributed by atoms with Gasteiger partial charge >= 0.3 is 0 Å². The van der Waals surface area contributed by atoms with Gasteiger partial charge < -0.3 is 5.32 Å². The SMILES string of the molecule is CNC(Cc1cc(F)ccc1Br)c1cc(C)ccc1Br. The lowest BCUT2D eigenvalue weighted by atomic mass is 9.97. The van der Waals surface area contributed by atoms with E-state index in [0.717, 1.165) is 20.9 Å². The standard InChI is InChI=1S/C16H16Br2FN/c1-10-3-5-15(18)13(7-10)16(20-2)9-11-8-12(19)4-6-14(11)17/h3-8,16,20H,9H2,1-2H3. The molecule has 4 heteroatoms. The molecule has 1 atom stereocenters. The average Bonchev–Trinajstić information content (AvgIpc) is 2.42. The maximum atomic E-state index is 13.4. The van der Waals surface area contributed by atoms with Gasteiger partial charge in [-0.25, -0.2) is 4.39 Å². The summed E-state index contributed by atoms with van der Waals surface area (Å²) in [6.45, 7) is 2.07. The Morgan fingerprint density at radius 3 is 2.50 bits per heavy atom. The number of benzene rings is 2. The fraction of sp³-hybridized carbons (Fsp3) is 0.250. The van der Waals surface area contributed by atoms with E-state index in [2.05, 4.69) is 62.3 Å². The maximum Gasteiger partial charge on any atom is 0.123 e. The van der Waals surface area contributed by atoms with E-state index in [1.54, 1.807) is 12.1 Å². The van der Waals surface area contributed by atoms with Gasteiger partial charge in [0.25, 0.3) is 0 Å². The highest BCUT2D eigenvalue weighted by Gasteiger charge is 2.15. The minimum absolute atomic E-state index is 0.127. The molecule has 0 spiro atoms. The minimum atomic E-state index is -0.207. The highest BCUT2D eigenvalue weighted by Crippen LogP contribution is 2.29. The van der Waals surface area contributed by atoms with Crippen LogP contribution in [0.1, 0.15) is 22.7 Å². The van der Waals surface area contributed by atoms with Gasteiger partial charge in [0.2, 0.25) is 0 Å². The van der Waals surface area contributed by atoms with Crippen LogP contribution < -0.4 is 5.32 Å². The Kier molecular flexibility index (Phi) is 5.35. The molecule has 0 bridgehead atoms. The van der Waals surface area contributed by atoms with Crippen molar-refractivity contribution in [1.29, 1.82) is 0 Å². The van der Waals surface area contributed by atoms with E-state index in [-0.39, 0.29) is 11.9 Å². The van der Waals surface area contributed by atoms with Crippen LogP contribution in [0, 0.1) is 12.7 Å². The van der Waals surface area contributed by atoms with Crippen LogP contribution in [0.3, 0.4) is 0 Å². The Morgan fingerprint density at radius 2 is 1.80 bits per heavy atom. The van der Waals surface area contributed by atoms with Gasteiger partial charge in [-0.2, -0.15) is 0 Å². The van der Waals surface area contributed by atoms with Crippen molar-refractivity contribution in [1.82, 2.24) is 5.32 Å². The molecule has 0 fully saturated rings. The molecule has 1 N–H and O–H groups in total. The molecule has 2 rings (SSSR count). The highest BCUT2D eigenvalue weighted by molar-refractivity contribution is 9.10. The van der Waals surface area contributed by atoms with Crippen molar-refractivity contribution in [2.75, 3.05) is 7.05 Å². The second-order valence-electron chi connectivity index (χ2n) is 4.81. The minimum Gasteiger partial charge on any atom is -0.313 e. The van der Waals surface area contributed by atoms with Crippen molar-refractivity contribution in [2.24, 2.45) is 0 Å². The molecular weight excluding hydrogens is 385 g/mol. The quantitative estimate of drug-likeness (QED) is 0.747. The summed E-state index contributed by atoms with van der Waals surface area (Å²) < 4.78 is 15.4. The number of likely N-dealkylation sites (N-methyl/N-ethyl adjacent to an activating group) is 1. The third-order valence-electron chi connectivity index (χ3n) is 3.31. The summed E-state index contributed by atoms with van der Waals surface area (Å²) >= 11 is 7.08. The maximum absolute atomic E-state index is 13.4. The fourth-order valence-corrected chi connectivity index (χ4v) is 3.15. The van der Waals surface area contributed by atoms with E-state index in [1.807, 2.05) is 7.05 Å². The van der Waals surface area contributed by atoms with E-state index in [9.17, 15) is 4.39 Å². The third kappa shape index (κ3) is 3.68. The smallest absolute Gasteiger partial charge is 0.123 e. The first-order valence-corrected chi connectivity index (χ1v) is 7.97. The second-order valence-corrected chi connectivity index (χ2v) is 6.51. The molecule has 1 nitrogen and oxygen atoms in total. The molecule has 0 aliphatic carbocycles. The van der Waals surface area contributed by atoms with Crippen LogP contribution in [0.4, 0.5) is 4.39 Å². The van der Waals surface area contributed by atoms with Crippen LogP contribution >= 0.6 is 31.9 Å². The van der Waals surface area contributed by atoms with Crippen LogP contribution in [0.2, 0.25) is 0 Å². The van der Waals surface area contributed by atoms with E-state index >= 15 is 0 Å². The zero-order valence-electron chi connectivity index (χ0n) is 11.4. The molecule has 0 saturated heterocycles. The predicted octanol–water partition coefficient (Wildman–Crippen LogP) is 5.16. The first-order valence-electron chi connectivity index (χ1n) is 6.38. The molecule has 0 aliphatic heterocycles. The van der Waals surface area contributed by atoms with Gasteiger partial charge in [-0.3, -0.25) is 0 Å². The predicted molar refractivity (Wildman–Crippen MR) is 88.5 cm³/mol. The lowest BCUT2D eigenvalue weighted by molar-refractivity contribution is 0.580. The number of hydrogen-bond donors (Lipinski definition) is 1. The molecule has 1 unspecified atom stereocenters. The number of hydrogen-bond acceptors (Lipinski definition) is 1. The van der Waals surface area contributed by atoms with Gasteiger partial charge in [0.1, 0.15) is 5.82 Å². The normalized spacial score (nSPS) is 12.4. The Labute approximate surface area is 135 Å². The van der Waals surface area contributed by atoms with Gasteiger partial charge in [-0.1, -0.05) is 49.6 Å². The fourth-order valence-electron chi connectivity index (χ4n) is 2.22. The lowest BCUT2D eigenvalue weighted by Gasteiger charge is -2.19. The summed E-state index contributed by atoms with van der Waals surface area (Å²) in [5.41, 5.74) is 3.35. The Hall–Kier alpha value is -0.710. The Morgan fingerprint density at radius 1 is 1.10 bits per heavy atom. The van der Waals surface area contributed by atoms with Gasteiger partial charge in [-0.15, -0.1) is 0 Å². The summed E-state index contributed by atoms with van der Waals surface area (Å²) in [5, 5.41) is 3.31. The Bertz CT molecular complexity index is 613. The topological polar surface area (TPSA) is 12.0 Å². The molecule has 2 aromatic rings. The number of halogens is 3. The number of rotatable bonds is 4. The van der Waals surface area contributed by atoms with E-state index < -0.39 is 0 Å². The van der Waals surface area contributed by atoms with Gasteiger partial charge in [0.05, 0.1) is 0 Å². The van der Waals surface area contributed by atoms with Gasteiger partial charge in [-0.05, 0) is 55.8 Å². The molecule has 20 heavy (non-hydrogen) atoms. The van der Waals surface area contributed by atoms with Crippen LogP contribution in [0.25, 0.3) is 0 Å². The van der Waals surface area contributed by atoms with Crippen molar-refractivity contribution in [3.63, 3.8) is 0 Å². The molecule has 0 aliphatic rings. The Balaban J connectivity index is 2.33. The molecule has 2 aromatic carbocycles. The van der Waals surface area contributed by atoms with Crippen molar-refractivity contribution in [3.8, 4) is 0 Å². The zero-order valence-corrected chi connectivity index (χ0v) is 14.6. The van der Waals surface area contributed by atoms with E-state index in [0.29, 0.717) is 0 Å². The van der Waals surface area contributed by atoms with Crippen molar-refractivity contribution in [2.45, 2.75) is 19.4 Å². The van der Waals surface area contributed by atoms with Gasteiger partial charge in [0.15, 0.2) is 0 Å². The molecule has 106 valence electrons. The van der Waals surface area contributed by atoms with Crippen LogP contribution in [-0.2, 0) is 6.42 Å². The van der Waals surface area contributed by atoms with Gasteiger partial charge in [0, 0.05) is 15.0 Å². The van der Waals surface area contributed by atoms with Crippen molar-refractivity contribution < 1.29 is 4.39 Å². The summed E-state index contributed by atoms with van der Waals surface area (Å²) in [7, 11) is 1.92. The van der Waals surface area contributed by atoms with Crippen molar-refractivity contribution in [3.05, 3.63) is 67.9 Å². The molecule has 0 amide bonds. The number of nitrogens with one attached hydrogen (secondary N) is 1. The molecule has 0 saturated carbocycles. The third-order valence-corrected chi connectivity index (χ3v) is 4.80. The van der Waals surface area contributed by atoms with E-state index in [4.69, 9.17) is 0 Å². The van der Waals surface area contributed by atoms with Crippen LogP contribution in [0.5, 0.6) is 0 Å². The molecule has 0 heterocycles. The summed E-state index contributed by atoms with van der Waals surface area (Å²) in [4.78, 5) is 0. The van der Waals surface area contributed by atoms with E-state index in [1.165, 1.54) is 17.2 Å². The first-order chi connectivity index (χ1) is 9.51. The monoisotopic (exact) mass is 399 g/mol. The molecule has 0 aromatic heterocycles.